The van der Waals surface area contributed by atoms with Gasteiger partial charge in [0.25, 0.3) is 11.8 Å². The molecule has 0 aliphatic carbocycles. The molecule has 0 fully saturated rings. The van der Waals surface area contributed by atoms with Crippen molar-refractivity contribution < 1.29 is 14.3 Å². The molecule has 0 saturated carbocycles. The minimum Gasteiger partial charge on any atom is -0.497 e. The summed E-state index contributed by atoms with van der Waals surface area (Å²) in [6.07, 6.45) is 2.97. The number of pyridine rings is 1. The lowest BCUT2D eigenvalue weighted by atomic mass is 10.1. The highest BCUT2D eigenvalue weighted by atomic mass is 16.5. The van der Waals surface area contributed by atoms with Crippen LogP contribution in [-0.4, -0.2) is 29.5 Å². The van der Waals surface area contributed by atoms with E-state index < -0.39 is 17.2 Å². The van der Waals surface area contributed by atoms with Gasteiger partial charge in [-0.15, -0.1) is 0 Å². The van der Waals surface area contributed by atoms with E-state index in [9.17, 15) is 14.4 Å². The highest BCUT2D eigenvalue weighted by Gasteiger charge is 2.20. The van der Waals surface area contributed by atoms with Gasteiger partial charge in [0.15, 0.2) is 0 Å². The van der Waals surface area contributed by atoms with E-state index in [4.69, 9.17) is 4.74 Å². The molecule has 0 unspecified atom stereocenters. The van der Waals surface area contributed by atoms with Crippen LogP contribution in [0, 0.1) is 6.92 Å². The quantitative estimate of drug-likeness (QED) is 0.555. The number of carbonyl (C=O) groups is 2. The van der Waals surface area contributed by atoms with Crippen molar-refractivity contribution in [3.63, 3.8) is 0 Å². The van der Waals surface area contributed by atoms with Gasteiger partial charge in [-0.2, -0.15) is 0 Å². The first-order valence-electron chi connectivity index (χ1n) is 10.8. The Morgan fingerprint density at radius 3 is 2.27 bits per heavy atom. The van der Waals surface area contributed by atoms with Crippen molar-refractivity contribution in [3.05, 3.63) is 99.0 Å². The molecule has 2 N–H and O–H groups in total. The molecule has 2 aromatic carbocycles. The van der Waals surface area contributed by atoms with E-state index in [2.05, 4.69) is 10.6 Å². The Hall–Kier alpha value is -3.87. The Kier molecular flexibility index (Phi) is 7.66. The van der Waals surface area contributed by atoms with Crippen molar-refractivity contribution in [3.8, 4) is 5.75 Å². The lowest BCUT2D eigenvalue weighted by Crippen LogP contribution is -2.37. The molecule has 0 atom stereocenters. The SMILES string of the molecule is COc1cccc(Cn2cc(C(=O)NCc3ccc(C)cc3)c(=O)c(C(=O)NC(C)C)c2)c1. The van der Waals surface area contributed by atoms with Gasteiger partial charge in [-0.05, 0) is 44.0 Å². The highest BCUT2D eigenvalue weighted by Crippen LogP contribution is 2.14. The fourth-order valence-corrected chi connectivity index (χ4v) is 3.35. The van der Waals surface area contributed by atoms with Crippen molar-refractivity contribution in [2.24, 2.45) is 0 Å². The van der Waals surface area contributed by atoms with Crippen LogP contribution >= 0.6 is 0 Å². The van der Waals surface area contributed by atoms with Crippen molar-refractivity contribution in [2.75, 3.05) is 7.11 Å². The maximum absolute atomic E-state index is 13.0. The van der Waals surface area contributed by atoms with Crippen LogP contribution in [0.15, 0.2) is 65.7 Å². The van der Waals surface area contributed by atoms with Crippen LogP contribution in [-0.2, 0) is 13.1 Å². The highest BCUT2D eigenvalue weighted by molar-refractivity contribution is 5.99. The topological polar surface area (TPSA) is 89.4 Å². The van der Waals surface area contributed by atoms with Crippen LogP contribution in [0.3, 0.4) is 0 Å². The monoisotopic (exact) mass is 447 g/mol. The third-order valence-electron chi connectivity index (χ3n) is 5.06. The van der Waals surface area contributed by atoms with Gasteiger partial charge in [0.1, 0.15) is 16.9 Å². The summed E-state index contributed by atoms with van der Waals surface area (Å²) < 4.78 is 6.95. The Balaban J connectivity index is 1.93. The van der Waals surface area contributed by atoms with Gasteiger partial charge in [0.05, 0.1) is 7.11 Å². The zero-order chi connectivity index (χ0) is 24.0. The van der Waals surface area contributed by atoms with Gasteiger partial charge in [-0.1, -0.05) is 42.0 Å². The van der Waals surface area contributed by atoms with Gasteiger partial charge >= 0.3 is 0 Å². The molecule has 7 heteroatoms. The number of hydrogen-bond donors (Lipinski definition) is 2. The Morgan fingerprint density at radius 1 is 0.970 bits per heavy atom. The Labute approximate surface area is 193 Å². The largest absolute Gasteiger partial charge is 0.497 e. The van der Waals surface area contributed by atoms with Gasteiger partial charge in [-0.3, -0.25) is 14.4 Å². The second-order valence-corrected chi connectivity index (χ2v) is 8.23. The minimum absolute atomic E-state index is 0.0745. The summed E-state index contributed by atoms with van der Waals surface area (Å²) in [5.41, 5.74) is 2.18. The number of hydrogen-bond acceptors (Lipinski definition) is 4. The number of benzene rings is 2. The van der Waals surface area contributed by atoms with Crippen LogP contribution in [0.4, 0.5) is 0 Å². The summed E-state index contributed by atoms with van der Waals surface area (Å²) in [5.74, 6) is -0.343. The van der Waals surface area contributed by atoms with E-state index >= 15 is 0 Å². The number of nitrogens with zero attached hydrogens (tertiary/aromatic N) is 1. The number of nitrogens with one attached hydrogen (secondary N) is 2. The van der Waals surface area contributed by atoms with Crippen LogP contribution < -0.4 is 20.8 Å². The van der Waals surface area contributed by atoms with Crippen molar-refractivity contribution >= 4 is 11.8 Å². The predicted molar refractivity (Wildman–Crippen MR) is 128 cm³/mol. The van der Waals surface area contributed by atoms with E-state index in [0.29, 0.717) is 12.3 Å². The lowest BCUT2D eigenvalue weighted by molar-refractivity contribution is 0.0941. The van der Waals surface area contributed by atoms with Gasteiger partial charge in [-0.25, -0.2) is 0 Å². The lowest BCUT2D eigenvalue weighted by Gasteiger charge is -2.14. The zero-order valence-corrected chi connectivity index (χ0v) is 19.3. The van der Waals surface area contributed by atoms with Crippen molar-refractivity contribution in [2.45, 2.75) is 39.9 Å². The van der Waals surface area contributed by atoms with Crippen LogP contribution in [0.2, 0.25) is 0 Å². The molecule has 172 valence electrons. The average Bonchev–Trinajstić information content (AvgIpc) is 2.79. The predicted octanol–water partition coefficient (Wildman–Crippen LogP) is 3.28. The molecule has 0 bridgehead atoms. The van der Waals surface area contributed by atoms with E-state index in [-0.39, 0.29) is 23.7 Å². The molecule has 1 aromatic heterocycles. The molecular weight excluding hydrogens is 418 g/mol. The molecule has 0 spiro atoms. The molecule has 0 aliphatic heterocycles. The van der Waals surface area contributed by atoms with Crippen LogP contribution in [0.5, 0.6) is 5.75 Å². The Bertz CT molecular complexity index is 1200. The summed E-state index contributed by atoms with van der Waals surface area (Å²) in [5, 5.41) is 5.52. The van der Waals surface area contributed by atoms with Crippen molar-refractivity contribution in [1.29, 1.82) is 0 Å². The zero-order valence-electron chi connectivity index (χ0n) is 19.3. The van der Waals surface area contributed by atoms with E-state index in [0.717, 1.165) is 16.7 Å². The summed E-state index contributed by atoms with van der Waals surface area (Å²) >= 11 is 0. The number of ether oxygens (including phenoxy) is 1. The first-order chi connectivity index (χ1) is 15.8. The second kappa shape index (κ2) is 10.6. The average molecular weight is 448 g/mol. The van der Waals surface area contributed by atoms with E-state index in [1.807, 2.05) is 69.3 Å². The summed E-state index contributed by atoms with van der Waals surface area (Å²) in [7, 11) is 1.59. The first kappa shape index (κ1) is 23.8. The van der Waals surface area contributed by atoms with Crippen LogP contribution in [0.25, 0.3) is 0 Å². The van der Waals surface area contributed by atoms with Gasteiger partial charge in [0, 0.05) is 31.5 Å². The van der Waals surface area contributed by atoms with Crippen molar-refractivity contribution in [1.82, 2.24) is 15.2 Å². The van der Waals surface area contributed by atoms with Crippen LogP contribution in [0.1, 0.15) is 51.3 Å². The van der Waals surface area contributed by atoms with Gasteiger partial charge in [0.2, 0.25) is 5.43 Å². The molecule has 0 radical (unpaired) electrons. The first-order valence-corrected chi connectivity index (χ1v) is 10.8. The number of methoxy groups -OCH3 is 1. The molecule has 0 aliphatic rings. The smallest absolute Gasteiger partial charge is 0.257 e. The molecule has 3 aromatic rings. The normalized spacial score (nSPS) is 10.7. The summed E-state index contributed by atoms with van der Waals surface area (Å²) in [4.78, 5) is 38.7. The number of aryl methyl sites for hydroxylation is 1. The molecule has 7 nitrogen and oxygen atoms in total. The standard InChI is InChI=1S/C26H29N3O4/c1-17(2)28-26(32)23-16-29(14-20-6-5-7-21(12-20)33-4)15-22(24(23)30)25(31)27-13-19-10-8-18(3)9-11-19/h5-12,15-17H,13-14H2,1-4H3,(H,27,31)(H,28,32). The molecular formula is C26H29N3O4. The maximum atomic E-state index is 13.0. The molecule has 0 saturated heterocycles. The number of amides is 2. The second-order valence-electron chi connectivity index (χ2n) is 8.23. The fraction of sp³-hybridized carbons (Fsp3) is 0.269. The minimum atomic E-state index is -0.601. The summed E-state index contributed by atoms with van der Waals surface area (Å²) in [6.45, 7) is 6.24. The van der Waals surface area contributed by atoms with Gasteiger partial charge < -0.3 is 19.9 Å². The van der Waals surface area contributed by atoms with E-state index in [1.165, 1.54) is 12.4 Å². The molecule has 3 rings (SSSR count). The third-order valence-corrected chi connectivity index (χ3v) is 5.06. The number of aromatic nitrogens is 1. The Morgan fingerprint density at radius 2 is 1.64 bits per heavy atom. The summed E-state index contributed by atoms with van der Waals surface area (Å²) in [6, 6.07) is 15.1. The third kappa shape index (κ3) is 6.32. The molecule has 1 heterocycles. The van der Waals surface area contributed by atoms with E-state index in [1.54, 1.807) is 11.7 Å². The molecule has 2 amide bonds. The number of carbonyl (C=O) groups excluding carboxylic acids is 2. The number of rotatable bonds is 8. The fourth-order valence-electron chi connectivity index (χ4n) is 3.35. The maximum Gasteiger partial charge on any atom is 0.257 e. The molecule has 33 heavy (non-hydrogen) atoms.